The van der Waals surface area contributed by atoms with Gasteiger partial charge in [0.1, 0.15) is 0 Å². The molecule has 0 saturated heterocycles. The van der Waals surface area contributed by atoms with Crippen LogP contribution in [-0.4, -0.2) is 23.0 Å². The summed E-state index contributed by atoms with van der Waals surface area (Å²) in [6.45, 7) is 0. The Morgan fingerprint density at radius 2 is 2.22 bits per heavy atom. The van der Waals surface area contributed by atoms with Crippen LogP contribution >= 0.6 is 11.6 Å². The van der Waals surface area contributed by atoms with E-state index in [1.54, 1.807) is 6.07 Å². The quantitative estimate of drug-likeness (QED) is 0.474. The molecule has 0 unspecified atom stereocenters. The van der Waals surface area contributed by atoms with E-state index in [9.17, 15) is 14.9 Å². The Kier molecular flexibility index (Phi) is 3.12. The van der Waals surface area contributed by atoms with Gasteiger partial charge in [-0.2, -0.15) is 0 Å². The number of halogens is 1. The fraction of sp³-hybridized carbons (Fsp3) is 0.0909. The molecule has 1 aromatic heterocycles. The number of carbonyl (C=O) groups is 1. The summed E-state index contributed by atoms with van der Waals surface area (Å²) in [4.78, 5) is 25.6. The molecular weight excluding hydrogens is 260 g/mol. The molecule has 7 heteroatoms. The van der Waals surface area contributed by atoms with Crippen molar-refractivity contribution in [1.29, 1.82) is 0 Å². The lowest BCUT2D eigenvalue weighted by atomic mass is 10.1. The number of hydrogen-bond acceptors (Lipinski definition) is 5. The van der Waals surface area contributed by atoms with Crippen LogP contribution in [0.15, 0.2) is 24.3 Å². The monoisotopic (exact) mass is 266 g/mol. The maximum Gasteiger partial charge on any atom is 0.356 e. The standard InChI is InChI=1S/C11H7ClN2O4/c1-18-11(15)8-5-7(12)6-3-2-4-9(14(16)17)10(6)13-8/h2-5H,1H3. The van der Waals surface area contributed by atoms with Gasteiger partial charge in [-0.3, -0.25) is 10.1 Å². The van der Waals surface area contributed by atoms with Gasteiger partial charge in [0.05, 0.1) is 17.1 Å². The van der Waals surface area contributed by atoms with Gasteiger partial charge in [0.15, 0.2) is 11.2 Å². The van der Waals surface area contributed by atoms with E-state index in [0.29, 0.717) is 5.39 Å². The molecule has 0 saturated carbocycles. The van der Waals surface area contributed by atoms with Gasteiger partial charge in [0.25, 0.3) is 5.69 Å². The van der Waals surface area contributed by atoms with Crippen molar-refractivity contribution in [3.8, 4) is 0 Å². The van der Waals surface area contributed by atoms with Crippen LogP contribution in [0.1, 0.15) is 10.5 Å². The summed E-state index contributed by atoms with van der Waals surface area (Å²) < 4.78 is 4.51. The van der Waals surface area contributed by atoms with Crippen LogP contribution in [0, 0.1) is 10.1 Å². The highest BCUT2D eigenvalue weighted by atomic mass is 35.5. The maximum atomic E-state index is 11.4. The number of para-hydroxylation sites is 1. The number of nitrogens with zero attached hydrogens (tertiary/aromatic N) is 2. The number of aromatic nitrogens is 1. The Balaban J connectivity index is 2.80. The molecule has 0 spiro atoms. The second-order valence-corrected chi connectivity index (χ2v) is 3.82. The number of nitro benzene ring substituents is 1. The zero-order chi connectivity index (χ0) is 13.3. The number of nitro groups is 1. The van der Waals surface area contributed by atoms with E-state index in [1.807, 2.05) is 0 Å². The predicted octanol–water partition coefficient (Wildman–Crippen LogP) is 2.58. The van der Waals surface area contributed by atoms with E-state index in [-0.39, 0.29) is 21.9 Å². The summed E-state index contributed by atoms with van der Waals surface area (Å²) in [6, 6.07) is 5.72. The Bertz CT molecular complexity index is 657. The number of non-ortho nitro benzene ring substituents is 1. The Labute approximate surface area is 106 Å². The minimum absolute atomic E-state index is 0.0652. The number of ether oxygens (including phenoxy) is 1. The number of methoxy groups -OCH3 is 1. The first kappa shape index (κ1) is 12.3. The van der Waals surface area contributed by atoms with Crippen LogP contribution in [0.4, 0.5) is 5.69 Å². The third-order valence-electron chi connectivity index (χ3n) is 2.36. The molecule has 0 aliphatic heterocycles. The summed E-state index contributed by atoms with van der Waals surface area (Å²) in [6.07, 6.45) is 0. The summed E-state index contributed by atoms with van der Waals surface area (Å²) in [7, 11) is 1.20. The molecule has 0 N–H and O–H groups in total. The van der Waals surface area contributed by atoms with E-state index in [1.165, 1.54) is 25.3 Å². The largest absolute Gasteiger partial charge is 0.464 e. The molecule has 1 aromatic carbocycles. The lowest BCUT2D eigenvalue weighted by Gasteiger charge is -2.04. The normalized spacial score (nSPS) is 10.3. The predicted molar refractivity (Wildman–Crippen MR) is 64.7 cm³/mol. The Hall–Kier alpha value is -2.21. The molecule has 0 radical (unpaired) electrons. The average Bonchev–Trinajstić information content (AvgIpc) is 2.36. The SMILES string of the molecule is COC(=O)c1cc(Cl)c2cccc([N+](=O)[O-])c2n1. The third kappa shape index (κ3) is 1.98. The fourth-order valence-electron chi connectivity index (χ4n) is 1.55. The molecule has 0 aliphatic rings. The topological polar surface area (TPSA) is 82.3 Å². The van der Waals surface area contributed by atoms with E-state index < -0.39 is 10.9 Å². The molecule has 0 fully saturated rings. The van der Waals surface area contributed by atoms with Crippen molar-refractivity contribution in [2.45, 2.75) is 0 Å². The molecule has 0 atom stereocenters. The third-order valence-corrected chi connectivity index (χ3v) is 2.67. The molecule has 2 aromatic rings. The fourth-order valence-corrected chi connectivity index (χ4v) is 1.80. The molecule has 18 heavy (non-hydrogen) atoms. The molecule has 0 aliphatic carbocycles. The lowest BCUT2D eigenvalue weighted by Crippen LogP contribution is -2.05. The van der Waals surface area contributed by atoms with Crippen molar-refractivity contribution < 1.29 is 14.5 Å². The number of hydrogen-bond donors (Lipinski definition) is 0. The highest BCUT2D eigenvalue weighted by Crippen LogP contribution is 2.29. The zero-order valence-electron chi connectivity index (χ0n) is 9.21. The van der Waals surface area contributed by atoms with Crippen molar-refractivity contribution in [1.82, 2.24) is 4.98 Å². The first-order valence-corrected chi connectivity index (χ1v) is 5.24. The van der Waals surface area contributed by atoms with Gasteiger partial charge in [-0.05, 0) is 6.07 Å². The van der Waals surface area contributed by atoms with Crippen molar-refractivity contribution >= 4 is 34.2 Å². The molecular formula is C11H7ClN2O4. The molecule has 1 heterocycles. The number of pyridine rings is 1. The molecule has 6 nitrogen and oxygen atoms in total. The second-order valence-electron chi connectivity index (χ2n) is 3.41. The molecule has 0 amide bonds. The van der Waals surface area contributed by atoms with Gasteiger partial charge in [-0.25, -0.2) is 9.78 Å². The smallest absolute Gasteiger partial charge is 0.356 e. The average molecular weight is 267 g/mol. The van der Waals surface area contributed by atoms with Gasteiger partial charge < -0.3 is 4.74 Å². The highest BCUT2D eigenvalue weighted by Gasteiger charge is 2.18. The van der Waals surface area contributed by atoms with Crippen LogP contribution in [0.2, 0.25) is 5.02 Å². The summed E-state index contributed by atoms with van der Waals surface area (Å²) >= 11 is 5.97. The number of benzene rings is 1. The number of esters is 1. The van der Waals surface area contributed by atoms with Crippen LogP contribution in [0.25, 0.3) is 10.9 Å². The van der Waals surface area contributed by atoms with E-state index >= 15 is 0 Å². The first-order valence-electron chi connectivity index (χ1n) is 4.86. The minimum atomic E-state index is -0.697. The van der Waals surface area contributed by atoms with Crippen molar-refractivity contribution in [2.24, 2.45) is 0 Å². The number of carbonyl (C=O) groups excluding carboxylic acids is 1. The Morgan fingerprint density at radius 3 is 2.83 bits per heavy atom. The lowest BCUT2D eigenvalue weighted by molar-refractivity contribution is -0.383. The van der Waals surface area contributed by atoms with Crippen LogP contribution in [0.5, 0.6) is 0 Å². The van der Waals surface area contributed by atoms with Crippen molar-refractivity contribution in [3.63, 3.8) is 0 Å². The first-order chi connectivity index (χ1) is 8.54. The van der Waals surface area contributed by atoms with Crippen molar-refractivity contribution in [2.75, 3.05) is 7.11 Å². The van der Waals surface area contributed by atoms with Gasteiger partial charge in [-0.15, -0.1) is 0 Å². The van der Waals surface area contributed by atoms with E-state index in [0.717, 1.165) is 0 Å². The van der Waals surface area contributed by atoms with Gasteiger partial charge >= 0.3 is 5.97 Å². The van der Waals surface area contributed by atoms with Gasteiger partial charge in [0, 0.05) is 11.5 Å². The molecule has 92 valence electrons. The summed E-state index contributed by atoms with van der Waals surface area (Å²) in [5.74, 6) is -0.697. The van der Waals surface area contributed by atoms with Gasteiger partial charge in [0.2, 0.25) is 0 Å². The van der Waals surface area contributed by atoms with E-state index in [4.69, 9.17) is 11.6 Å². The second kappa shape index (κ2) is 4.58. The minimum Gasteiger partial charge on any atom is -0.464 e. The molecule has 0 bridgehead atoms. The number of rotatable bonds is 2. The summed E-state index contributed by atoms with van der Waals surface area (Å²) in [5.41, 5.74) is -0.208. The van der Waals surface area contributed by atoms with Crippen LogP contribution in [-0.2, 0) is 4.74 Å². The van der Waals surface area contributed by atoms with Crippen molar-refractivity contribution in [3.05, 3.63) is 45.1 Å². The van der Waals surface area contributed by atoms with E-state index in [2.05, 4.69) is 9.72 Å². The van der Waals surface area contributed by atoms with Gasteiger partial charge in [-0.1, -0.05) is 23.7 Å². The summed E-state index contributed by atoms with van der Waals surface area (Å²) in [5, 5.41) is 11.5. The maximum absolute atomic E-state index is 11.4. The van der Waals surface area contributed by atoms with Crippen LogP contribution in [0.3, 0.4) is 0 Å². The Morgan fingerprint density at radius 1 is 1.50 bits per heavy atom. The highest BCUT2D eigenvalue weighted by molar-refractivity contribution is 6.35. The molecule has 2 rings (SSSR count). The zero-order valence-corrected chi connectivity index (χ0v) is 9.97. The van der Waals surface area contributed by atoms with Crippen LogP contribution < -0.4 is 0 Å². The number of fused-ring (bicyclic) bond motifs is 1.